The fourth-order valence-electron chi connectivity index (χ4n) is 2.24. The van der Waals surface area contributed by atoms with E-state index in [1.165, 1.54) is 0 Å². The van der Waals surface area contributed by atoms with Crippen molar-refractivity contribution < 1.29 is 13.2 Å². The van der Waals surface area contributed by atoms with Crippen LogP contribution in [0.25, 0.3) is 0 Å². The van der Waals surface area contributed by atoms with Gasteiger partial charge in [0.25, 0.3) is 0 Å². The summed E-state index contributed by atoms with van der Waals surface area (Å²) in [6.07, 6.45) is -2.70. The molecule has 0 heterocycles. The van der Waals surface area contributed by atoms with Crippen molar-refractivity contribution in [3.8, 4) is 0 Å². The molecular formula is C14H18F3N. The third-order valence-corrected chi connectivity index (χ3v) is 3.43. The summed E-state index contributed by atoms with van der Waals surface area (Å²) in [5.41, 5.74) is 0.710. The van der Waals surface area contributed by atoms with Crippen molar-refractivity contribution in [2.75, 3.05) is 0 Å². The van der Waals surface area contributed by atoms with Crippen LogP contribution in [-0.2, 0) is 0 Å². The van der Waals surface area contributed by atoms with Crippen LogP contribution in [0.5, 0.6) is 0 Å². The number of nitrogens with one attached hydrogen (secondary N) is 1. The zero-order valence-electron chi connectivity index (χ0n) is 10.4. The van der Waals surface area contributed by atoms with Gasteiger partial charge in [-0.2, -0.15) is 13.2 Å². The Morgan fingerprint density at radius 3 is 2.33 bits per heavy atom. The summed E-state index contributed by atoms with van der Waals surface area (Å²) in [7, 11) is 0. The number of rotatable bonds is 5. The lowest BCUT2D eigenvalue weighted by molar-refractivity contribution is -0.141. The molecule has 1 aliphatic carbocycles. The predicted molar refractivity (Wildman–Crippen MR) is 65.2 cm³/mol. The first-order valence-corrected chi connectivity index (χ1v) is 6.33. The highest BCUT2D eigenvalue weighted by atomic mass is 19.4. The van der Waals surface area contributed by atoms with Crippen molar-refractivity contribution in [3.63, 3.8) is 0 Å². The molecule has 0 spiro atoms. The second-order valence-corrected chi connectivity index (χ2v) is 5.08. The number of hydrogen-bond donors (Lipinski definition) is 1. The number of hydrogen-bond acceptors (Lipinski definition) is 1. The predicted octanol–water partition coefficient (Wildman–Crippen LogP) is 4.07. The maximum absolute atomic E-state index is 12.6. The summed E-state index contributed by atoms with van der Waals surface area (Å²) < 4.78 is 37.9. The van der Waals surface area contributed by atoms with Gasteiger partial charge in [-0.3, -0.25) is 0 Å². The Hall–Kier alpha value is -1.03. The zero-order chi connectivity index (χ0) is 13.2. The molecule has 1 nitrogen and oxygen atoms in total. The molecule has 100 valence electrons. The Kier molecular flexibility index (Phi) is 3.95. The average Bonchev–Trinajstić information content (AvgIpc) is 3.11. The summed E-state index contributed by atoms with van der Waals surface area (Å²) in [5.74, 6) is 0.546. The average molecular weight is 257 g/mol. The van der Waals surface area contributed by atoms with Gasteiger partial charge in [0.15, 0.2) is 0 Å². The Morgan fingerprint density at radius 1 is 1.22 bits per heavy atom. The maximum atomic E-state index is 12.6. The lowest BCUT2D eigenvalue weighted by Gasteiger charge is -2.24. The number of benzene rings is 1. The smallest absolute Gasteiger partial charge is 0.307 e. The minimum atomic E-state index is -4.14. The van der Waals surface area contributed by atoms with Gasteiger partial charge in [0.2, 0.25) is 0 Å². The normalized spacial score (nSPS) is 19.6. The third-order valence-electron chi connectivity index (χ3n) is 3.43. The van der Waals surface area contributed by atoms with E-state index in [1.807, 2.05) is 13.0 Å². The molecule has 1 fully saturated rings. The van der Waals surface area contributed by atoms with Crippen LogP contribution in [0.1, 0.15) is 37.8 Å². The van der Waals surface area contributed by atoms with Gasteiger partial charge in [-0.25, -0.2) is 0 Å². The molecule has 0 amide bonds. The van der Waals surface area contributed by atoms with E-state index in [0.717, 1.165) is 12.8 Å². The maximum Gasteiger partial charge on any atom is 0.390 e. The largest absolute Gasteiger partial charge is 0.390 e. The Morgan fingerprint density at radius 2 is 1.83 bits per heavy atom. The number of halogens is 3. The molecule has 0 aromatic heterocycles. The highest BCUT2D eigenvalue weighted by molar-refractivity contribution is 5.19. The Labute approximate surface area is 105 Å². The lowest BCUT2D eigenvalue weighted by Crippen LogP contribution is -2.34. The summed E-state index contributed by atoms with van der Waals surface area (Å²) in [4.78, 5) is 0. The molecule has 2 unspecified atom stereocenters. The van der Waals surface area contributed by atoms with Crippen molar-refractivity contribution in [2.45, 2.75) is 44.4 Å². The summed E-state index contributed by atoms with van der Waals surface area (Å²) in [6, 6.07) is 8.40. The van der Waals surface area contributed by atoms with Crippen molar-refractivity contribution in [3.05, 3.63) is 35.9 Å². The minimum Gasteiger partial charge on any atom is -0.307 e. The highest BCUT2D eigenvalue weighted by Crippen LogP contribution is 2.35. The third kappa shape index (κ3) is 4.02. The van der Waals surface area contributed by atoms with Crippen molar-refractivity contribution in [2.24, 2.45) is 5.92 Å². The molecule has 1 aliphatic rings. The standard InChI is InChI=1S/C14H18F3N/c1-10(11-7-8-11)18-13(9-14(15,16)17)12-5-3-2-4-6-12/h2-6,10-11,13,18H,7-9H2,1H3. The van der Waals surface area contributed by atoms with E-state index in [0.29, 0.717) is 11.5 Å². The fourth-order valence-corrected chi connectivity index (χ4v) is 2.24. The quantitative estimate of drug-likeness (QED) is 0.838. The van der Waals surface area contributed by atoms with Gasteiger partial charge in [-0.05, 0) is 31.2 Å². The van der Waals surface area contributed by atoms with Crippen LogP contribution in [0.2, 0.25) is 0 Å². The second-order valence-electron chi connectivity index (χ2n) is 5.08. The van der Waals surface area contributed by atoms with Crippen LogP contribution in [0.4, 0.5) is 13.2 Å². The van der Waals surface area contributed by atoms with Crippen LogP contribution in [0.15, 0.2) is 30.3 Å². The zero-order valence-corrected chi connectivity index (χ0v) is 10.4. The Balaban J connectivity index is 2.07. The van der Waals surface area contributed by atoms with Crippen molar-refractivity contribution >= 4 is 0 Å². The monoisotopic (exact) mass is 257 g/mol. The first-order chi connectivity index (χ1) is 8.46. The molecule has 2 rings (SSSR count). The van der Waals surface area contributed by atoms with Crippen molar-refractivity contribution in [1.29, 1.82) is 0 Å². The van der Waals surface area contributed by atoms with Crippen LogP contribution < -0.4 is 5.32 Å². The molecule has 1 saturated carbocycles. The van der Waals surface area contributed by atoms with E-state index in [9.17, 15) is 13.2 Å². The van der Waals surface area contributed by atoms with E-state index < -0.39 is 18.6 Å². The minimum absolute atomic E-state index is 0.151. The van der Waals surface area contributed by atoms with Crippen LogP contribution in [-0.4, -0.2) is 12.2 Å². The van der Waals surface area contributed by atoms with Gasteiger partial charge in [-0.15, -0.1) is 0 Å². The van der Waals surface area contributed by atoms with Crippen LogP contribution >= 0.6 is 0 Å². The summed E-state index contributed by atoms with van der Waals surface area (Å²) >= 11 is 0. The summed E-state index contributed by atoms with van der Waals surface area (Å²) in [5, 5.41) is 3.13. The van der Waals surface area contributed by atoms with E-state index in [4.69, 9.17) is 0 Å². The fraction of sp³-hybridized carbons (Fsp3) is 0.571. The topological polar surface area (TPSA) is 12.0 Å². The molecule has 0 radical (unpaired) electrons. The lowest BCUT2D eigenvalue weighted by atomic mass is 10.0. The molecule has 1 N–H and O–H groups in total. The molecule has 0 bridgehead atoms. The highest BCUT2D eigenvalue weighted by Gasteiger charge is 2.35. The van der Waals surface area contributed by atoms with E-state index in [-0.39, 0.29) is 6.04 Å². The first-order valence-electron chi connectivity index (χ1n) is 6.33. The first kappa shape index (κ1) is 13.4. The molecule has 18 heavy (non-hydrogen) atoms. The summed E-state index contributed by atoms with van der Waals surface area (Å²) in [6.45, 7) is 1.98. The molecule has 1 aromatic rings. The van der Waals surface area contributed by atoms with Gasteiger partial charge >= 0.3 is 6.18 Å². The van der Waals surface area contributed by atoms with Crippen LogP contribution in [0, 0.1) is 5.92 Å². The van der Waals surface area contributed by atoms with Gasteiger partial charge < -0.3 is 5.32 Å². The van der Waals surface area contributed by atoms with E-state index in [1.54, 1.807) is 24.3 Å². The molecule has 0 saturated heterocycles. The Bertz CT molecular complexity index is 370. The van der Waals surface area contributed by atoms with Crippen LogP contribution in [0.3, 0.4) is 0 Å². The molecular weight excluding hydrogens is 239 g/mol. The van der Waals surface area contributed by atoms with Gasteiger partial charge in [0.05, 0.1) is 6.42 Å². The number of alkyl halides is 3. The molecule has 1 aromatic carbocycles. The van der Waals surface area contributed by atoms with E-state index in [2.05, 4.69) is 5.32 Å². The van der Waals surface area contributed by atoms with E-state index >= 15 is 0 Å². The van der Waals surface area contributed by atoms with Crippen molar-refractivity contribution in [1.82, 2.24) is 5.32 Å². The second kappa shape index (κ2) is 5.31. The molecule has 2 atom stereocenters. The SMILES string of the molecule is CC(NC(CC(F)(F)F)c1ccccc1)C1CC1. The molecule has 4 heteroatoms. The van der Waals surface area contributed by atoms with Gasteiger partial charge in [0, 0.05) is 12.1 Å². The van der Waals surface area contributed by atoms with Gasteiger partial charge in [0.1, 0.15) is 0 Å². The molecule has 0 aliphatic heterocycles. The van der Waals surface area contributed by atoms with Gasteiger partial charge in [-0.1, -0.05) is 30.3 Å².